The molecule has 0 fully saturated rings. The fourth-order valence-corrected chi connectivity index (χ4v) is 2.42. The first-order chi connectivity index (χ1) is 9.60. The van der Waals surface area contributed by atoms with Crippen LogP contribution in [0.15, 0.2) is 23.2 Å². The van der Waals surface area contributed by atoms with Gasteiger partial charge in [-0.05, 0) is 18.6 Å². The van der Waals surface area contributed by atoms with Gasteiger partial charge in [-0.3, -0.25) is 4.98 Å². The molecule has 1 heterocycles. The first kappa shape index (κ1) is 17.0. The van der Waals surface area contributed by atoms with E-state index in [0.29, 0.717) is 38.5 Å². The van der Waals surface area contributed by atoms with Crippen molar-refractivity contribution in [2.75, 3.05) is 33.5 Å². The van der Waals surface area contributed by atoms with Gasteiger partial charge in [0.05, 0.1) is 18.9 Å². The molecule has 0 aliphatic rings. The van der Waals surface area contributed by atoms with Crippen molar-refractivity contribution in [2.45, 2.75) is 17.9 Å². The zero-order valence-electron chi connectivity index (χ0n) is 11.5. The minimum Gasteiger partial charge on any atom is -0.382 e. The summed E-state index contributed by atoms with van der Waals surface area (Å²) in [5, 5.41) is 0. The largest absolute Gasteiger partial charge is 0.382 e. The van der Waals surface area contributed by atoms with Crippen LogP contribution in [0.4, 0.5) is 0 Å². The number of methoxy groups -OCH3 is 1. The predicted molar refractivity (Wildman–Crippen MR) is 74.6 cm³/mol. The number of aromatic nitrogens is 1. The van der Waals surface area contributed by atoms with E-state index in [1.54, 1.807) is 13.2 Å². The van der Waals surface area contributed by atoms with Gasteiger partial charge in [0, 0.05) is 33.0 Å². The Hall–Kier alpha value is -1.06. The van der Waals surface area contributed by atoms with E-state index >= 15 is 0 Å². The predicted octanol–water partition coefficient (Wildman–Crippen LogP) is -0.128. The lowest BCUT2D eigenvalue weighted by molar-refractivity contribution is 0.0699. The maximum atomic E-state index is 11.9. The number of nitrogens with one attached hydrogen (secondary N) is 1. The first-order valence-electron chi connectivity index (χ1n) is 6.31. The molecule has 20 heavy (non-hydrogen) atoms. The lowest BCUT2D eigenvalue weighted by Gasteiger charge is -2.07. The van der Waals surface area contributed by atoms with E-state index in [9.17, 15) is 8.42 Å². The molecule has 0 amide bonds. The molecular formula is C12H21N3O4S. The third-order valence-electron chi connectivity index (χ3n) is 2.51. The van der Waals surface area contributed by atoms with Gasteiger partial charge in [0.25, 0.3) is 0 Å². The molecule has 7 nitrogen and oxygen atoms in total. The summed E-state index contributed by atoms with van der Waals surface area (Å²) in [5.41, 5.74) is 6.06. The smallest absolute Gasteiger partial charge is 0.242 e. The van der Waals surface area contributed by atoms with Crippen molar-refractivity contribution in [3.8, 4) is 0 Å². The molecule has 1 aromatic heterocycles. The fourth-order valence-electron chi connectivity index (χ4n) is 1.40. The average Bonchev–Trinajstić information content (AvgIpc) is 2.46. The maximum absolute atomic E-state index is 11.9. The average molecular weight is 303 g/mol. The molecule has 0 atom stereocenters. The summed E-state index contributed by atoms with van der Waals surface area (Å²) in [4.78, 5) is 4.09. The molecule has 114 valence electrons. The molecule has 0 bridgehead atoms. The van der Waals surface area contributed by atoms with Crippen molar-refractivity contribution in [3.05, 3.63) is 24.0 Å². The van der Waals surface area contributed by atoms with Crippen molar-refractivity contribution >= 4 is 10.0 Å². The van der Waals surface area contributed by atoms with E-state index in [4.69, 9.17) is 15.2 Å². The normalized spacial score (nSPS) is 11.7. The van der Waals surface area contributed by atoms with E-state index < -0.39 is 10.0 Å². The van der Waals surface area contributed by atoms with Gasteiger partial charge in [-0.1, -0.05) is 0 Å². The number of nitrogens with two attached hydrogens (primary N) is 1. The molecule has 0 aliphatic heterocycles. The monoisotopic (exact) mass is 303 g/mol. The zero-order chi connectivity index (χ0) is 14.8. The molecule has 0 saturated carbocycles. The van der Waals surface area contributed by atoms with Crippen LogP contribution in [0.25, 0.3) is 0 Å². The number of rotatable bonds is 10. The molecule has 8 heteroatoms. The Balaban J connectivity index is 2.33. The van der Waals surface area contributed by atoms with Gasteiger partial charge in [0.2, 0.25) is 10.0 Å². The van der Waals surface area contributed by atoms with Crippen LogP contribution >= 0.6 is 0 Å². The minimum atomic E-state index is -3.52. The molecule has 0 radical (unpaired) electrons. The van der Waals surface area contributed by atoms with Crippen LogP contribution in [-0.2, 0) is 26.0 Å². The summed E-state index contributed by atoms with van der Waals surface area (Å²) in [6, 6.07) is 3.09. The van der Waals surface area contributed by atoms with Gasteiger partial charge >= 0.3 is 0 Å². The molecule has 0 unspecified atom stereocenters. The molecule has 0 saturated heterocycles. The van der Waals surface area contributed by atoms with Crippen LogP contribution in [0, 0.1) is 0 Å². The van der Waals surface area contributed by atoms with E-state index in [0.717, 1.165) is 0 Å². The fraction of sp³-hybridized carbons (Fsp3) is 0.583. The van der Waals surface area contributed by atoms with Crippen molar-refractivity contribution < 1.29 is 17.9 Å². The van der Waals surface area contributed by atoms with E-state index in [1.165, 1.54) is 12.3 Å². The summed E-state index contributed by atoms with van der Waals surface area (Å²) in [5.74, 6) is 0. The number of ether oxygens (including phenoxy) is 2. The molecule has 0 aromatic carbocycles. The highest BCUT2D eigenvalue weighted by Crippen LogP contribution is 2.07. The highest BCUT2D eigenvalue weighted by molar-refractivity contribution is 7.89. The number of hydrogen-bond acceptors (Lipinski definition) is 6. The van der Waals surface area contributed by atoms with E-state index in [1.807, 2.05) is 0 Å². The first-order valence-corrected chi connectivity index (χ1v) is 7.80. The maximum Gasteiger partial charge on any atom is 0.242 e. The standard InChI is InChI=1S/C12H21N3O4S/c1-18-7-8-19-6-2-5-15-20(16,17)12-4-3-11(9-13)14-10-12/h3-4,10,15H,2,5-9,13H2,1H3. The lowest BCUT2D eigenvalue weighted by Crippen LogP contribution is -2.26. The Kier molecular flexibility index (Phi) is 7.63. The molecule has 0 spiro atoms. The van der Waals surface area contributed by atoms with Crippen molar-refractivity contribution in [3.63, 3.8) is 0 Å². The number of hydrogen-bond donors (Lipinski definition) is 2. The van der Waals surface area contributed by atoms with Gasteiger partial charge in [-0.25, -0.2) is 13.1 Å². The Morgan fingerprint density at radius 3 is 2.70 bits per heavy atom. The summed E-state index contributed by atoms with van der Waals surface area (Å²) in [6.07, 6.45) is 1.90. The minimum absolute atomic E-state index is 0.134. The third-order valence-corrected chi connectivity index (χ3v) is 3.95. The SMILES string of the molecule is COCCOCCCNS(=O)(=O)c1ccc(CN)nc1. The molecule has 1 aromatic rings. The van der Waals surface area contributed by atoms with Gasteiger partial charge in [0.15, 0.2) is 0 Å². The van der Waals surface area contributed by atoms with Crippen LogP contribution in [-0.4, -0.2) is 46.9 Å². The second-order valence-corrected chi connectivity index (χ2v) is 5.81. The highest BCUT2D eigenvalue weighted by Gasteiger charge is 2.13. The highest BCUT2D eigenvalue weighted by atomic mass is 32.2. The van der Waals surface area contributed by atoms with E-state index in [2.05, 4.69) is 9.71 Å². The Labute approximate surface area is 119 Å². The topological polar surface area (TPSA) is 104 Å². The summed E-state index contributed by atoms with van der Waals surface area (Å²) in [6.45, 7) is 2.12. The van der Waals surface area contributed by atoms with Gasteiger partial charge in [-0.15, -0.1) is 0 Å². The summed E-state index contributed by atoms with van der Waals surface area (Å²) in [7, 11) is -1.92. The van der Waals surface area contributed by atoms with Crippen molar-refractivity contribution in [1.29, 1.82) is 0 Å². The summed E-state index contributed by atoms with van der Waals surface area (Å²) >= 11 is 0. The van der Waals surface area contributed by atoms with Gasteiger partial charge in [-0.2, -0.15) is 0 Å². The van der Waals surface area contributed by atoms with Crippen LogP contribution in [0.3, 0.4) is 0 Å². The lowest BCUT2D eigenvalue weighted by atomic mass is 10.4. The van der Waals surface area contributed by atoms with Crippen LogP contribution in [0.1, 0.15) is 12.1 Å². The second-order valence-electron chi connectivity index (χ2n) is 4.05. The zero-order valence-corrected chi connectivity index (χ0v) is 12.4. The Morgan fingerprint density at radius 1 is 1.30 bits per heavy atom. The van der Waals surface area contributed by atoms with Gasteiger partial charge in [0.1, 0.15) is 4.90 Å². The number of nitrogens with zero attached hydrogens (tertiary/aromatic N) is 1. The molecular weight excluding hydrogens is 282 g/mol. The van der Waals surface area contributed by atoms with Crippen molar-refractivity contribution in [1.82, 2.24) is 9.71 Å². The number of sulfonamides is 1. The molecule has 0 aliphatic carbocycles. The Morgan fingerprint density at radius 2 is 2.10 bits per heavy atom. The molecule has 1 rings (SSSR count). The quantitative estimate of drug-likeness (QED) is 0.584. The Bertz CT molecular complexity index is 476. The van der Waals surface area contributed by atoms with Gasteiger partial charge < -0.3 is 15.2 Å². The molecule has 3 N–H and O–H groups in total. The second kappa shape index (κ2) is 8.98. The summed E-state index contributed by atoms with van der Waals surface area (Å²) < 4.78 is 36.4. The van der Waals surface area contributed by atoms with Crippen LogP contribution in [0.2, 0.25) is 0 Å². The third kappa shape index (κ3) is 5.93. The van der Waals surface area contributed by atoms with Crippen LogP contribution in [0.5, 0.6) is 0 Å². The van der Waals surface area contributed by atoms with E-state index in [-0.39, 0.29) is 11.4 Å². The van der Waals surface area contributed by atoms with Crippen molar-refractivity contribution in [2.24, 2.45) is 5.73 Å². The number of pyridine rings is 1. The van der Waals surface area contributed by atoms with Crippen LogP contribution < -0.4 is 10.5 Å².